The van der Waals surface area contributed by atoms with Gasteiger partial charge in [0.2, 0.25) is 0 Å². The first-order valence-corrected chi connectivity index (χ1v) is 10.5. The van der Waals surface area contributed by atoms with Gasteiger partial charge in [-0.25, -0.2) is 9.78 Å². The van der Waals surface area contributed by atoms with Gasteiger partial charge >= 0.3 is 11.9 Å². The summed E-state index contributed by atoms with van der Waals surface area (Å²) in [4.78, 5) is 29.4. The number of esters is 2. The number of benzene rings is 3. The molecular weight excluding hydrogens is 434 g/mol. The summed E-state index contributed by atoms with van der Waals surface area (Å²) in [5, 5.41) is 0.680. The van der Waals surface area contributed by atoms with Crippen LogP contribution in [0.1, 0.15) is 15.9 Å². The van der Waals surface area contributed by atoms with E-state index in [4.69, 9.17) is 19.2 Å². The molecule has 0 aliphatic carbocycles. The van der Waals surface area contributed by atoms with E-state index in [2.05, 4.69) is 4.74 Å². The second-order valence-corrected chi connectivity index (χ2v) is 7.43. The van der Waals surface area contributed by atoms with Crippen molar-refractivity contribution in [3.63, 3.8) is 0 Å². The van der Waals surface area contributed by atoms with Crippen LogP contribution in [0.3, 0.4) is 0 Å². The minimum Gasteiger partial charge on any atom is -0.493 e. The minimum atomic E-state index is -0.513. The lowest BCUT2D eigenvalue weighted by atomic mass is 10.0. The number of nitrogens with zero attached hydrogens (tertiary/aromatic N) is 1. The summed E-state index contributed by atoms with van der Waals surface area (Å²) in [5.74, 6) is 0.678. The number of hydrogen-bond acceptors (Lipinski definition) is 7. The van der Waals surface area contributed by atoms with E-state index in [1.165, 1.54) is 7.11 Å². The van der Waals surface area contributed by atoms with Crippen molar-refractivity contribution < 1.29 is 28.5 Å². The van der Waals surface area contributed by atoms with Gasteiger partial charge in [0.15, 0.2) is 11.5 Å². The molecule has 0 bridgehead atoms. The van der Waals surface area contributed by atoms with Gasteiger partial charge in [-0.15, -0.1) is 0 Å². The van der Waals surface area contributed by atoms with E-state index in [0.29, 0.717) is 39.4 Å². The highest BCUT2D eigenvalue weighted by atomic mass is 16.5. The fourth-order valence-corrected chi connectivity index (χ4v) is 3.56. The largest absolute Gasteiger partial charge is 0.493 e. The fraction of sp³-hybridized carbons (Fsp3) is 0.148. The molecule has 0 atom stereocenters. The molecule has 4 aromatic rings. The van der Waals surface area contributed by atoms with Crippen LogP contribution in [0, 0.1) is 0 Å². The lowest BCUT2D eigenvalue weighted by Crippen LogP contribution is -2.10. The Morgan fingerprint density at radius 2 is 1.56 bits per heavy atom. The number of methoxy groups -OCH3 is 3. The average molecular weight is 457 g/mol. The van der Waals surface area contributed by atoms with Crippen molar-refractivity contribution in [2.45, 2.75) is 6.42 Å². The van der Waals surface area contributed by atoms with E-state index >= 15 is 0 Å². The lowest BCUT2D eigenvalue weighted by Gasteiger charge is -2.12. The van der Waals surface area contributed by atoms with E-state index in [1.54, 1.807) is 50.6 Å². The van der Waals surface area contributed by atoms with Gasteiger partial charge in [-0.1, -0.05) is 30.3 Å². The standard InChI is InChI=1S/C27H23NO6/c1-31-24-13-10-18(15-25(24)32-2)23-16-21(20-6-4-5-7-22(20)28-23)27(30)34-19-11-8-17(9-12-19)14-26(29)33-3/h4-13,15-16H,14H2,1-3H3. The molecule has 0 amide bonds. The third-order valence-electron chi connectivity index (χ3n) is 5.33. The highest BCUT2D eigenvalue weighted by Gasteiger charge is 2.17. The smallest absolute Gasteiger partial charge is 0.344 e. The van der Waals surface area contributed by atoms with Crippen LogP contribution in [0.15, 0.2) is 72.8 Å². The molecule has 7 nitrogen and oxygen atoms in total. The summed E-state index contributed by atoms with van der Waals surface area (Å²) in [6.07, 6.45) is 0.147. The lowest BCUT2D eigenvalue weighted by molar-refractivity contribution is -0.139. The number of pyridine rings is 1. The second-order valence-electron chi connectivity index (χ2n) is 7.43. The van der Waals surface area contributed by atoms with Crippen LogP contribution in [0.5, 0.6) is 17.2 Å². The number of para-hydroxylation sites is 1. The Kier molecular flexibility index (Phi) is 6.73. The topological polar surface area (TPSA) is 84.0 Å². The van der Waals surface area contributed by atoms with Gasteiger partial charge in [-0.3, -0.25) is 4.79 Å². The van der Waals surface area contributed by atoms with Crippen LogP contribution >= 0.6 is 0 Å². The molecule has 0 unspecified atom stereocenters. The van der Waals surface area contributed by atoms with Crippen molar-refractivity contribution in [2.75, 3.05) is 21.3 Å². The molecule has 1 aromatic heterocycles. The highest BCUT2D eigenvalue weighted by Crippen LogP contribution is 2.33. The molecule has 0 aliphatic heterocycles. The molecule has 172 valence electrons. The first kappa shape index (κ1) is 22.8. The van der Waals surface area contributed by atoms with E-state index in [9.17, 15) is 9.59 Å². The Morgan fingerprint density at radius 1 is 0.824 bits per heavy atom. The minimum absolute atomic E-state index is 0.147. The molecule has 0 radical (unpaired) electrons. The summed E-state index contributed by atoms with van der Waals surface area (Å²) in [6.45, 7) is 0. The van der Waals surface area contributed by atoms with Crippen LogP contribution in [0.2, 0.25) is 0 Å². The van der Waals surface area contributed by atoms with E-state index < -0.39 is 5.97 Å². The number of carbonyl (C=O) groups is 2. The molecule has 0 saturated carbocycles. The number of fused-ring (bicyclic) bond motifs is 1. The molecule has 3 aromatic carbocycles. The molecule has 0 N–H and O–H groups in total. The monoisotopic (exact) mass is 457 g/mol. The van der Waals surface area contributed by atoms with Crippen molar-refractivity contribution >= 4 is 22.8 Å². The second kappa shape index (κ2) is 10.0. The molecule has 1 heterocycles. The van der Waals surface area contributed by atoms with Crippen LogP contribution in [-0.4, -0.2) is 38.3 Å². The highest BCUT2D eigenvalue weighted by molar-refractivity contribution is 6.05. The van der Waals surface area contributed by atoms with Crippen molar-refractivity contribution in [1.82, 2.24) is 4.98 Å². The number of hydrogen-bond donors (Lipinski definition) is 0. The van der Waals surface area contributed by atoms with Crippen LogP contribution in [0.25, 0.3) is 22.2 Å². The quantitative estimate of drug-likeness (QED) is 0.290. The zero-order valence-corrected chi connectivity index (χ0v) is 19.0. The first-order valence-electron chi connectivity index (χ1n) is 10.5. The number of ether oxygens (including phenoxy) is 4. The average Bonchev–Trinajstić information content (AvgIpc) is 2.88. The molecule has 0 spiro atoms. The SMILES string of the molecule is COC(=O)Cc1ccc(OC(=O)c2cc(-c3ccc(OC)c(OC)c3)nc3ccccc23)cc1. The summed E-state index contributed by atoms with van der Waals surface area (Å²) in [7, 11) is 4.48. The summed E-state index contributed by atoms with van der Waals surface area (Å²) < 4.78 is 21.0. The number of carbonyl (C=O) groups excluding carboxylic acids is 2. The van der Waals surface area contributed by atoms with Gasteiger partial charge in [0, 0.05) is 10.9 Å². The van der Waals surface area contributed by atoms with Gasteiger partial charge in [0.05, 0.1) is 44.5 Å². The fourth-order valence-electron chi connectivity index (χ4n) is 3.56. The zero-order chi connectivity index (χ0) is 24.1. The Balaban J connectivity index is 1.68. The molecule has 34 heavy (non-hydrogen) atoms. The third-order valence-corrected chi connectivity index (χ3v) is 5.33. The Morgan fingerprint density at radius 3 is 2.26 bits per heavy atom. The van der Waals surface area contributed by atoms with Crippen LogP contribution in [0.4, 0.5) is 0 Å². The maximum Gasteiger partial charge on any atom is 0.344 e. The number of aromatic nitrogens is 1. The summed E-state index contributed by atoms with van der Waals surface area (Å²) >= 11 is 0. The van der Waals surface area contributed by atoms with Crippen molar-refractivity contribution in [1.29, 1.82) is 0 Å². The maximum absolute atomic E-state index is 13.2. The molecule has 0 fully saturated rings. The van der Waals surface area contributed by atoms with Crippen molar-refractivity contribution in [3.8, 4) is 28.5 Å². The Labute approximate surface area is 196 Å². The van der Waals surface area contributed by atoms with E-state index in [1.807, 2.05) is 36.4 Å². The van der Waals surface area contributed by atoms with Crippen molar-refractivity contribution in [2.24, 2.45) is 0 Å². The number of rotatable bonds is 7. The van der Waals surface area contributed by atoms with Crippen LogP contribution < -0.4 is 14.2 Å². The van der Waals surface area contributed by atoms with Gasteiger partial charge in [-0.2, -0.15) is 0 Å². The molecule has 0 saturated heterocycles. The van der Waals surface area contributed by atoms with Crippen LogP contribution in [-0.2, 0) is 16.0 Å². The first-order chi connectivity index (χ1) is 16.5. The van der Waals surface area contributed by atoms with Crippen molar-refractivity contribution in [3.05, 3.63) is 83.9 Å². The Hall–Kier alpha value is -4.39. The maximum atomic E-state index is 13.2. The predicted molar refractivity (Wildman–Crippen MR) is 127 cm³/mol. The van der Waals surface area contributed by atoms with Gasteiger partial charge in [0.1, 0.15) is 5.75 Å². The Bertz CT molecular complexity index is 1350. The summed E-state index contributed by atoms with van der Waals surface area (Å²) in [6, 6.07) is 21.3. The molecular formula is C27H23NO6. The molecule has 0 aliphatic rings. The summed E-state index contributed by atoms with van der Waals surface area (Å²) in [5.41, 5.74) is 3.17. The van der Waals surface area contributed by atoms with E-state index in [-0.39, 0.29) is 12.4 Å². The third kappa shape index (κ3) is 4.83. The normalized spacial score (nSPS) is 10.6. The predicted octanol–water partition coefficient (Wildman–Crippen LogP) is 4.85. The molecule has 7 heteroatoms. The zero-order valence-electron chi connectivity index (χ0n) is 19.0. The van der Waals surface area contributed by atoms with Gasteiger partial charge in [0.25, 0.3) is 0 Å². The molecule has 4 rings (SSSR count). The van der Waals surface area contributed by atoms with Gasteiger partial charge in [-0.05, 0) is 48.0 Å². The van der Waals surface area contributed by atoms with Gasteiger partial charge < -0.3 is 18.9 Å². The van der Waals surface area contributed by atoms with E-state index in [0.717, 1.165) is 11.1 Å².